The van der Waals surface area contributed by atoms with Gasteiger partial charge in [-0.2, -0.15) is 0 Å². The van der Waals surface area contributed by atoms with Crippen LogP contribution in [0.5, 0.6) is 0 Å². The Morgan fingerprint density at radius 2 is 1.82 bits per heavy atom. The SMILES string of the molecule is BC1CCCCCC2C(C1)C(CC(C)C)CC(=S)N2C(C)C. The largest absolute Gasteiger partial charge is 0.360 e. The standard InChI is InChI=1S/C19H36BNS/c1-13(2)10-15-11-19(22)21(14(3)4)18-9-7-5-6-8-16(20)12-17(15)18/h13-18H,5-12,20H2,1-4H3. The van der Waals surface area contributed by atoms with E-state index in [-0.39, 0.29) is 0 Å². The number of rotatable bonds is 3. The highest BCUT2D eigenvalue weighted by molar-refractivity contribution is 7.80. The summed E-state index contributed by atoms with van der Waals surface area (Å²) in [6.07, 6.45) is 11.0. The molecule has 0 spiro atoms. The van der Waals surface area contributed by atoms with Crippen LogP contribution in [0.2, 0.25) is 5.82 Å². The Bertz CT molecular complexity index is 368. The van der Waals surface area contributed by atoms with Gasteiger partial charge in [0.1, 0.15) is 7.85 Å². The normalized spacial score (nSPS) is 34.3. The highest BCUT2D eigenvalue weighted by Gasteiger charge is 2.41. The quantitative estimate of drug-likeness (QED) is 0.540. The second-order valence-corrected chi connectivity index (χ2v) is 9.17. The first-order valence-electron chi connectivity index (χ1n) is 9.71. The number of thiocarbonyl (C=S) groups is 1. The maximum Gasteiger partial charge on any atom is 0.105 e. The van der Waals surface area contributed by atoms with Crippen LogP contribution in [-0.2, 0) is 0 Å². The molecule has 4 unspecified atom stereocenters. The lowest BCUT2D eigenvalue weighted by molar-refractivity contribution is 0.0903. The van der Waals surface area contributed by atoms with Crippen LogP contribution in [0.15, 0.2) is 0 Å². The highest BCUT2D eigenvalue weighted by atomic mass is 32.1. The van der Waals surface area contributed by atoms with Gasteiger partial charge in [-0.3, -0.25) is 0 Å². The van der Waals surface area contributed by atoms with E-state index in [4.69, 9.17) is 12.2 Å². The molecule has 1 aliphatic carbocycles. The fraction of sp³-hybridized carbons (Fsp3) is 0.947. The third kappa shape index (κ3) is 4.49. The summed E-state index contributed by atoms with van der Waals surface area (Å²) < 4.78 is 0. The van der Waals surface area contributed by atoms with Gasteiger partial charge in [0.05, 0.1) is 4.99 Å². The summed E-state index contributed by atoms with van der Waals surface area (Å²) in [5.41, 5.74) is 0. The minimum atomic E-state index is 0.566. The Kier molecular flexibility index (Phi) is 6.80. The molecule has 0 aromatic rings. The zero-order chi connectivity index (χ0) is 16.3. The van der Waals surface area contributed by atoms with Gasteiger partial charge >= 0.3 is 0 Å². The number of piperidine rings is 1. The minimum absolute atomic E-state index is 0.566. The predicted octanol–water partition coefficient (Wildman–Crippen LogP) is 4.85. The first kappa shape index (κ1) is 18.3. The van der Waals surface area contributed by atoms with Crippen molar-refractivity contribution in [1.29, 1.82) is 0 Å². The topological polar surface area (TPSA) is 3.24 Å². The van der Waals surface area contributed by atoms with E-state index in [0.29, 0.717) is 12.1 Å². The van der Waals surface area contributed by atoms with Crippen LogP contribution >= 0.6 is 12.2 Å². The number of likely N-dealkylation sites (tertiary alicyclic amines) is 1. The van der Waals surface area contributed by atoms with Gasteiger partial charge in [0.15, 0.2) is 0 Å². The van der Waals surface area contributed by atoms with E-state index < -0.39 is 0 Å². The van der Waals surface area contributed by atoms with Crippen molar-refractivity contribution in [3.05, 3.63) is 0 Å². The van der Waals surface area contributed by atoms with E-state index in [0.717, 1.165) is 23.6 Å². The van der Waals surface area contributed by atoms with Gasteiger partial charge in [0.2, 0.25) is 0 Å². The Labute approximate surface area is 145 Å². The van der Waals surface area contributed by atoms with Crippen molar-refractivity contribution in [2.75, 3.05) is 0 Å². The number of fused-ring (bicyclic) bond motifs is 1. The lowest BCUT2D eigenvalue weighted by Crippen LogP contribution is -2.54. The van der Waals surface area contributed by atoms with E-state index in [9.17, 15) is 0 Å². The van der Waals surface area contributed by atoms with Gasteiger partial charge in [-0.05, 0) is 44.4 Å². The Morgan fingerprint density at radius 1 is 1.14 bits per heavy atom. The molecular formula is C19H36BNS. The summed E-state index contributed by atoms with van der Waals surface area (Å²) in [6, 6.07) is 1.28. The summed E-state index contributed by atoms with van der Waals surface area (Å²) in [5, 5.41) is 0. The monoisotopic (exact) mass is 321 g/mol. The molecule has 2 aliphatic rings. The fourth-order valence-electron chi connectivity index (χ4n) is 5.03. The van der Waals surface area contributed by atoms with Crippen LogP contribution in [0.4, 0.5) is 0 Å². The van der Waals surface area contributed by atoms with Crippen LogP contribution in [0, 0.1) is 17.8 Å². The second kappa shape index (κ2) is 8.17. The molecule has 1 aliphatic heterocycles. The van der Waals surface area contributed by atoms with E-state index in [1.807, 2.05) is 0 Å². The van der Waals surface area contributed by atoms with Crippen molar-refractivity contribution in [2.24, 2.45) is 17.8 Å². The van der Waals surface area contributed by atoms with Crippen LogP contribution in [-0.4, -0.2) is 29.8 Å². The average molecular weight is 321 g/mol. The molecule has 3 heteroatoms. The van der Waals surface area contributed by atoms with Crippen molar-refractivity contribution in [2.45, 2.75) is 97.0 Å². The molecule has 0 amide bonds. The maximum atomic E-state index is 5.87. The molecule has 22 heavy (non-hydrogen) atoms. The van der Waals surface area contributed by atoms with Gasteiger partial charge in [-0.1, -0.05) is 64.0 Å². The molecule has 126 valence electrons. The third-order valence-electron chi connectivity index (χ3n) is 5.88. The van der Waals surface area contributed by atoms with Crippen molar-refractivity contribution in [1.82, 2.24) is 4.90 Å². The number of nitrogens with zero attached hydrogens (tertiary/aromatic N) is 1. The van der Waals surface area contributed by atoms with Gasteiger partial charge in [0.25, 0.3) is 0 Å². The molecule has 1 saturated carbocycles. The second-order valence-electron chi connectivity index (χ2n) is 8.70. The molecular weight excluding hydrogens is 285 g/mol. The number of hydrogen-bond acceptors (Lipinski definition) is 1. The first-order valence-corrected chi connectivity index (χ1v) is 10.1. The fourth-order valence-corrected chi connectivity index (χ4v) is 5.59. The smallest absolute Gasteiger partial charge is 0.105 e. The molecule has 0 bridgehead atoms. The molecule has 1 nitrogen and oxygen atoms in total. The summed E-state index contributed by atoms with van der Waals surface area (Å²) in [7, 11) is 2.49. The van der Waals surface area contributed by atoms with Gasteiger partial charge in [0, 0.05) is 18.5 Å². The average Bonchev–Trinajstić information content (AvgIpc) is 2.48. The number of hydrogen-bond donors (Lipinski definition) is 0. The maximum absolute atomic E-state index is 5.87. The molecule has 2 fully saturated rings. The third-order valence-corrected chi connectivity index (χ3v) is 6.26. The van der Waals surface area contributed by atoms with E-state index in [2.05, 4.69) is 40.4 Å². The zero-order valence-electron chi connectivity index (χ0n) is 15.5. The highest BCUT2D eigenvalue weighted by Crippen LogP contribution is 2.43. The molecule has 1 heterocycles. The summed E-state index contributed by atoms with van der Waals surface area (Å²) >= 11 is 5.87. The van der Waals surface area contributed by atoms with Crippen molar-refractivity contribution in [3.8, 4) is 0 Å². The molecule has 4 atom stereocenters. The van der Waals surface area contributed by atoms with Gasteiger partial charge < -0.3 is 4.90 Å². The van der Waals surface area contributed by atoms with Crippen LogP contribution < -0.4 is 0 Å². The van der Waals surface area contributed by atoms with Crippen molar-refractivity contribution in [3.63, 3.8) is 0 Å². The Hall–Kier alpha value is -0.0451. The lowest BCUT2D eigenvalue weighted by Gasteiger charge is -2.50. The molecule has 0 aromatic carbocycles. The van der Waals surface area contributed by atoms with E-state index >= 15 is 0 Å². The lowest BCUT2D eigenvalue weighted by atomic mass is 9.67. The van der Waals surface area contributed by atoms with Crippen LogP contribution in [0.3, 0.4) is 0 Å². The minimum Gasteiger partial charge on any atom is -0.360 e. The Balaban J connectivity index is 2.26. The van der Waals surface area contributed by atoms with Crippen molar-refractivity contribution < 1.29 is 0 Å². The van der Waals surface area contributed by atoms with E-state index in [1.165, 1.54) is 56.4 Å². The summed E-state index contributed by atoms with van der Waals surface area (Å²) in [5.74, 6) is 3.38. The van der Waals surface area contributed by atoms with Crippen LogP contribution in [0.1, 0.15) is 79.1 Å². The summed E-state index contributed by atoms with van der Waals surface area (Å²) in [4.78, 5) is 3.89. The van der Waals surface area contributed by atoms with Crippen LogP contribution in [0.25, 0.3) is 0 Å². The zero-order valence-corrected chi connectivity index (χ0v) is 16.3. The molecule has 0 radical (unpaired) electrons. The van der Waals surface area contributed by atoms with Gasteiger partial charge in [-0.25, -0.2) is 0 Å². The summed E-state index contributed by atoms with van der Waals surface area (Å²) in [6.45, 7) is 9.43. The predicted molar refractivity (Wildman–Crippen MR) is 104 cm³/mol. The molecule has 0 aromatic heterocycles. The molecule has 1 saturated heterocycles. The first-order chi connectivity index (χ1) is 10.4. The van der Waals surface area contributed by atoms with Gasteiger partial charge in [-0.15, -0.1) is 0 Å². The van der Waals surface area contributed by atoms with Crippen molar-refractivity contribution >= 4 is 25.1 Å². The van der Waals surface area contributed by atoms with E-state index in [1.54, 1.807) is 0 Å². The molecule has 0 N–H and O–H groups in total. The molecule has 2 rings (SSSR count). The Morgan fingerprint density at radius 3 is 2.45 bits per heavy atom.